The normalized spacial score (nSPS) is 18.5. The van der Waals surface area contributed by atoms with Crippen LogP contribution in [0.25, 0.3) is 0 Å². The van der Waals surface area contributed by atoms with Crippen LogP contribution in [0.1, 0.15) is 49.5 Å². The van der Waals surface area contributed by atoms with Gasteiger partial charge in [-0.05, 0) is 51.3 Å². The van der Waals surface area contributed by atoms with Crippen molar-refractivity contribution in [3.05, 3.63) is 35.4 Å². The summed E-state index contributed by atoms with van der Waals surface area (Å²) in [6, 6.07) is 8.66. The quantitative estimate of drug-likeness (QED) is 0.895. The Balaban J connectivity index is 2.17. The lowest BCUT2D eigenvalue weighted by Crippen LogP contribution is -2.45. The third-order valence-electron chi connectivity index (χ3n) is 4.09. The first kappa shape index (κ1) is 15.0. The molecule has 1 amide bonds. The van der Waals surface area contributed by atoms with E-state index >= 15 is 0 Å². The van der Waals surface area contributed by atoms with Crippen LogP contribution in [0, 0.1) is 0 Å². The van der Waals surface area contributed by atoms with Crippen molar-refractivity contribution in [2.45, 2.75) is 52.1 Å². The van der Waals surface area contributed by atoms with E-state index < -0.39 is 0 Å². The highest BCUT2D eigenvalue weighted by Gasteiger charge is 2.25. The molecule has 20 heavy (non-hydrogen) atoms. The standard InChI is InChI=1S/C17H26N2O/c1-4-14-8-5-6-10-16(14)17(20)19(13(2)3)12-15-9-7-11-18-15/h5-6,8,10,13,15,18H,4,7,9,11-12H2,1-3H3. The number of rotatable bonds is 5. The van der Waals surface area contributed by atoms with Crippen molar-refractivity contribution in [1.29, 1.82) is 0 Å². The van der Waals surface area contributed by atoms with Crippen LogP contribution in [-0.4, -0.2) is 36.0 Å². The third-order valence-corrected chi connectivity index (χ3v) is 4.09. The van der Waals surface area contributed by atoms with Gasteiger partial charge in [-0.25, -0.2) is 0 Å². The molecule has 3 nitrogen and oxygen atoms in total. The molecule has 0 bridgehead atoms. The second kappa shape index (κ2) is 6.89. The minimum absolute atomic E-state index is 0.172. The molecule has 1 aromatic rings. The van der Waals surface area contributed by atoms with Crippen molar-refractivity contribution in [1.82, 2.24) is 10.2 Å². The first-order valence-corrected chi connectivity index (χ1v) is 7.75. The Bertz CT molecular complexity index is 450. The van der Waals surface area contributed by atoms with E-state index in [1.807, 2.05) is 23.1 Å². The summed E-state index contributed by atoms with van der Waals surface area (Å²) in [7, 11) is 0. The lowest BCUT2D eigenvalue weighted by Gasteiger charge is -2.30. The number of hydrogen-bond acceptors (Lipinski definition) is 2. The van der Waals surface area contributed by atoms with Crippen LogP contribution in [0.3, 0.4) is 0 Å². The largest absolute Gasteiger partial charge is 0.335 e. The Morgan fingerprint density at radius 2 is 2.15 bits per heavy atom. The van der Waals surface area contributed by atoms with Gasteiger partial charge in [0.1, 0.15) is 0 Å². The van der Waals surface area contributed by atoms with E-state index in [0.717, 1.165) is 30.6 Å². The van der Waals surface area contributed by atoms with Gasteiger partial charge in [0.2, 0.25) is 0 Å². The number of nitrogens with one attached hydrogen (secondary N) is 1. The molecule has 0 aromatic heterocycles. The predicted octanol–water partition coefficient (Wildman–Crippen LogP) is 2.85. The zero-order valence-corrected chi connectivity index (χ0v) is 12.9. The molecule has 1 heterocycles. The number of aryl methyl sites for hydroxylation is 1. The smallest absolute Gasteiger partial charge is 0.254 e. The highest BCUT2D eigenvalue weighted by atomic mass is 16.2. The van der Waals surface area contributed by atoms with Crippen molar-refractivity contribution in [3.8, 4) is 0 Å². The van der Waals surface area contributed by atoms with Crippen molar-refractivity contribution < 1.29 is 4.79 Å². The van der Waals surface area contributed by atoms with Gasteiger partial charge in [0.25, 0.3) is 5.91 Å². The van der Waals surface area contributed by atoms with Gasteiger partial charge in [0.15, 0.2) is 0 Å². The number of hydrogen-bond donors (Lipinski definition) is 1. The van der Waals surface area contributed by atoms with Crippen molar-refractivity contribution in [3.63, 3.8) is 0 Å². The molecule has 1 aliphatic rings. The van der Waals surface area contributed by atoms with Gasteiger partial charge < -0.3 is 10.2 Å². The van der Waals surface area contributed by atoms with Gasteiger partial charge in [-0.2, -0.15) is 0 Å². The van der Waals surface area contributed by atoms with Crippen LogP contribution in [0.5, 0.6) is 0 Å². The predicted molar refractivity (Wildman–Crippen MR) is 83.0 cm³/mol. The maximum atomic E-state index is 12.9. The molecule has 0 spiro atoms. The maximum absolute atomic E-state index is 12.9. The highest BCUT2D eigenvalue weighted by Crippen LogP contribution is 2.16. The van der Waals surface area contributed by atoms with Gasteiger partial charge in [-0.15, -0.1) is 0 Å². The molecule has 1 fully saturated rings. The molecule has 0 saturated carbocycles. The van der Waals surface area contributed by atoms with E-state index in [2.05, 4.69) is 32.2 Å². The SMILES string of the molecule is CCc1ccccc1C(=O)N(CC1CCCN1)C(C)C. The Morgan fingerprint density at radius 3 is 2.75 bits per heavy atom. The van der Waals surface area contributed by atoms with Gasteiger partial charge in [0.05, 0.1) is 0 Å². The van der Waals surface area contributed by atoms with Crippen LogP contribution in [0.2, 0.25) is 0 Å². The average Bonchev–Trinajstić information content (AvgIpc) is 2.96. The van der Waals surface area contributed by atoms with Gasteiger partial charge in [0, 0.05) is 24.2 Å². The van der Waals surface area contributed by atoms with E-state index in [0.29, 0.717) is 6.04 Å². The Morgan fingerprint density at radius 1 is 1.40 bits per heavy atom. The molecule has 0 aliphatic carbocycles. The van der Waals surface area contributed by atoms with Gasteiger partial charge in [-0.3, -0.25) is 4.79 Å². The van der Waals surface area contributed by atoms with Crippen LogP contribution in [0.4, 0.5) is 0 Å². The molecule has 110 valence electrons. The van der Waals surface area contributed by atoms with Crippen molar-refractivity contribution >= 4 is 5.91 Å². The number of carbonyl (C=O) groups excluding carboxylic acids is 1. The Hall–Kier alpha value is -1.35. The molecule has 2 rings (SSSR count). The number of benzene rings is 1. The lowest BCUT2D eigenvalue weighted by atomic mass is 10.0. The van der Waals surface area contributed by atoms with Crippen LogP contribution >= 0.6 is 0 Å². The van der Waals surface area contributed by atoms with Crippen LogP contribution in [0.15, 0.2) is 24.3 Å². The van der Waals surface area contributed by atoms with Gasteiger partial charge >= 0.3 is 0 Å². The third kappa shape index (κ3) is 3.40. The van der Waals surface area contributed by atoms with E-state index in [9.17, 15) is 4.79 Å². The first-order valence-electron chi connectivity index (χ1n) is 7.75. The van der Waals surface area contributed by atoms with Crippen LogP contribution in [-0.2, 0) is 6.42 Å². The molecule has 1 N–H and O–H groups in total. The van der Waals surface area contributed by atoms with Crippen LogP contribution < -0.4 is 5.32 Å². The summed E-state index contributed by atoms with van der Waals surface area (Å²) in [5.41, 5.74) is 2.00. The number of carbonyl (C=O) groups is 1. The van der Waals surface area contributed by atoms with E-state index in [1.165, 1.54) is 12.8 Å². The number of nitrogens with zero attached hydrogens (tertiary/aromatic N) is 1. The van der Waals surface area contributed by atoms with E-state index in [4.69, 9.17) is 0 Å². The molecular weight excluding hydrogens is 248 g/mol. The molecule has 1 atom stereocenters. The first-order chi connectivity index (χ1) is 9.63. The summed E-state index contributed by atoms with van der Waals surface area (Å²) >= 11 is 0. The minimum Gasteiger partial charge on any atom is -0.335 e. The summed E-state index contributed by atoms with van der Waals surface area (Å²) in [6.07, 6.45) is 3.29. The topological polar surface area (TPSA) is 32.3 Å². The fourth-order valence-electron chi connectivity index (χ4n) is 2.87. The molecule has 1 unspecified atom stereocenters. The average molecular weight is 274 g/mol. The lowest BCUT2D eigenvalue weighted by molar-refractivity contribution is 0.0688. The Labute approximate surface area is 122 Å². The zero-order valence-electron chi connectivity index (χ0n) is 12.9. The molecule has 0 radical (unpaired) electrons. The molecule has 3 heteroatoms. The molecule has 1 aliphatic heterocycles. The fraction of sp³-hybridized carbons (Fsp3) is 0.588. The van der Waals surface area contributed by atoms with Crippen molar-refractivity contribution in [2.24, 2.45) is 0 Å². The highest BCUT2D eigenvalue weighted by molar-refractivity contribution is 5.95. The molecular formula is C17H26N2O. The van der Waals surface area contributed by atoms with E-state index in [1.54, 1.807) is 0 Å². The maximum Gasteiger partial charge on any atom is 0.254 e. The monoisotopic (exact) mass is 274 g/mol. The molecule has 1 saturated heterocycles. The second-order valence-corrected chi connectivity index (χ2v) is 5.86. The van der Waals surface area contributed by atoms with Gasteiger partial charge in [-0.1, -0.05) is 25.1 Å². The summed E-state index contributed by atoms with van der Waals surface area (Å²) < 4.78 is 0. The second-order valence-electron chi connectivity index (χ2n) is 5.86. The zero-order chi connectivity index (χ0) is 14.5. The summed E-state index contributed by atoms with van der Waals surface area (Å²) in [4.78, 5) is 14.9. The Kier molecular flexibility index (Phi) is 5.18. The summed E-state index contributed by atoms with van der Waals surface area (Å²) in [5, 5.41) is 3.48. The number of amides is 1. The van der Waals surface area contributed by atoms with Crippen molar-refractivity contribution in [2.75, 3.05) is 13.1 Å². The summed E-state index contributed by atoms with van der Waals surface area (Å²) in [5.74, 6) is 0.172. The fourth-order valence-corrected chi connectivity index (χ4v) is 2.87. The molecule has 1 aromatic carbocycles. The van der Waals surface area contributed by atoms with E-state index in [-0.39, 0.29) is 11.9 Å². The minimum atomic E-state index is 0.172. The summed E-state index contributed by atoms with van der Waals surface area (Å²) in [6.45, 7) is 8.19.